The van der Waals surface area contributed by atoms with E-state index in [4.69, 9.17) is 11.0 Å². The molecule has 2 aliphatic heterocycles. The molecule has 0 bridgehead atoms. The highest BCUT2D eigenvalue weighted by Crippen LogP contribution is 2.46. The van der Waals surface area contributed by atoms with E-state index in [1.807, 2.05) is 6.07 Å². The zero-order valence-corrected chi connectivity index (χ0v) is 20.8. The standard InChI is InChI=1S/C24H29FN6O2S/c1-14-11-17(12-26)13-28-20(14)21(32)30-15(2)7-8-18(25)16(3)24(6)19-9-10-29-34(19,33)23(4,5)22(27)31-24/h7-8,11,13,19H,3,9-10H2,1-2,4-6H3,(H2,27,31)(H,30,32)/b15-7+,18-8+/t19-,24+,34+/m0/s1. The number of nitriles is 1. The molecule has 1 aromatic heterocycles. The number of pyridine rings is 1. The number of nitrogens with zero attached hydrogens (tertiary/aromatic N) is 4. The van der Waals surface area contributed by atoms with E-state index in [0.29, 0.717) is 29.8 Å². The topological polar surface area (TPSA) is 134 Å². The maximum Gasteiger partial charge on any atom is 0.274 e. The van der Waals surface area contributed by atoms with Crippen LogP contribution in [0.3, 0.4) is 0 Å². The Morgan fingerprint density at radius 1 is 1.41 bits per heavy atom. The number of aliphatic imine (C=N–C) groups is 1. The fraction of sp³-hybridized carbons (Fsp3) is 0.417. The van der Waals surface area contributed by atoms with E-state index in [1.165, 1.54) is 18.3 Å². The number of hydrogen-bond donors (Lipinski definition) is 2. The van der Waals surface area contributed by atoms with Crippen molar-refractivity contribution in [2.45, 2.75) is 56.6 Å². The van der Waals surface area contributed by atoms with Crippen LogP contribution < -0.4 is 11.1 Å². The molecule has 0 saturated heterocycles. The molecule has 0 aromatic carbocycles. The maximum atomic E-state index is 15.2. The first kappa shape index (κ1) is 25.3. The highest BCUT2D eigenvalue weighted by molar-refractivity contribution is 7.96. The molecule has 2 aliphatic rings. The third-order valence-electron chi connectivity index (χ3n) is 6.50. The van der Waals surface area contributed by atoms with Crippen molar-refractivity contribution in [2.75, 3.05) is 6.54 Å². The maximum absolute atomic E-state index is 15.2. The van der Waals surface area contributed by atoms with Crippen molar-refractivity contribution >= 4 is 21.5 Å². The fourth-order valence-electron chi connectivity index (χ4n) is 4.23. The van der Waals surface area contributed by atoms with E-state index in [0.717, 1.165) is 0 Å². The van der Waals surface area contributed by atoms with Gasteiger partial charge in [-0.2, -0.15) is 5.26 Å². The first-order valence-corrected chi connectivity index (χ1v) is 12.3. The summed E-state index contributed by atoms with van der Waals surface area (Å²) in [7, 11) is -2.78. The lowest BCUT2D eigenvalue weighted by Crippen LogP contribution is -2.60. The Kier molecular flexibility index (Phi) is 6.55. The zero-order valence-electron chi connectivity index (χ0n) is 20.0. The van der Waals surface area contributed by atoms with Crippen molar-refractivity contribution in [3.63, 3.8) is 0 Å². The second-order valence-electron chi connectivity index (χ2n) is 9.15. The monoisotopic (exact) mass is 484 g/mol. The third kappa shape index (κ3) is 4.05. The van der Waals surface area contributed by atoms with E-state index in [2.05, 4.69) is 26.2 Å². The Balaban J connectivity index is 1.84. The average Bonchev–Trinajstić information content (AvgIpc) is 3.20. The average molecular weight is 485 g/mol. The molecule has 0 unspecified atom stereocenters. The molecule has 0 saturated carbocycles. The van der Waals surface area contributed by atoms with Crippen LogP contribution in [0.1, 0.15) is 55.7 Å². The Morgan fingerprint density at radius 2 is 2.09 bits per heavy atom. The second kappa shape index (κ2) is 8.80. The van der Waals surface area contributed by atoms with E-state index in [1.54, 1.807) is 40.7 Å². The predicted octanol–water partition coefficient (Wildman–Crippen LogP) is 3.45. The highest BCUT2D eigenvalue weighted by Gasteiger charge is 2.56. The summed E-state index contributed by atoms with van der Waals surface area (Å²) in [6.07, 6.45) is 4.40. The van der Waals surface area contributed by atoms with Gasteiger partial charge in [-0.1, -0.05) is 6.58 Å². The fourth-order valence-corrected chi connectivity index (χ4v) is 7.40. The molecule has 180 valence electrons. The molecule has 8 nitrogen and oxygen atoms in total. The zero-order chi connectivity index (χ0) is 25.5. The molecular weight excluding hydrogens is 455 g/mol. The number of nitrogens with two attached hydrogens (primary N) is 1. The number of amides is 1. The molecule has 1 amide bonds. The Morgan fingerprint density at radius 3 is 2.71 bits per heavy atom. The summed E-state index contributed by atoms with van der Waals surface area (Å²) < 4.78 is 32.5. The van der Waals surface area contributed by atoms with Crippen LogP contribution >= 0.6 is 0 Å². The minimum absolute atomic E-state index is 0.0563. The van der Waals surface area contributed by atoms with Gasteiger partial charge in [-0.25, -0.2) is 17.9 Å². The van der Waals surface area contributed by atoms with E-state index in [9.17, 15) is 9.00 Å². The van der Waals surface area contributed by atoms with Crippen LogP contribution in [0.5, 0.6) is 0 Å². The Bertz CT molecular complexity index is 1330. The first-order valence-electron chi connectivity index (χ1n) is 10.8. The second-order valence-corrected chi connectivity index (χ2v) is 12.1. The van der Waals surface area contributed by atoms with Gasteiger partial charge in [0, 0.05) is 24.0 Å². The van der Waals surface area contributed by atoms with E-state index < -0.39 is 37.0 Å². The summed E-state index contributed by atoms with van der Waals surface area (Å²) in [5.74, 6) is -0.969. The highest BCUT2D eigenvalue weighted by atomic mass is 32.2. The molecule has 10 heteroatoms. The first-order chi connectivity index (χ1) is 15.8. The van der Waals surface area contributed by atoms with Crippen LogP contribution in [0.25, 0.3) is 0 Å². The third-order valence-corrected chi connectivity index (χ3v) is 10.2. The minimum Gasteiger partial charge on any atom is -0.386 e. The SMILES string of the molecule is C=C(/C(F)=C\C=C(/C)NC(=O)c1ncc(C#N)cc1C)[C@@]1(C)N=C(N)C(C)(C)[S@@]2(=O)=NCC[C@@H]12. The predicted molar refractivity (Wildman–Crippen MR) is 131 cm³/mol. The number of nitrogens with one attached hydrogen (secondary N) is 1. The lowest BCUT2D eigenvalue weighted by molar-refractivity contribution is 0.0960. The van der Waals surface area contributed by atoms with E-state index >= 15 is 4.39 Å². The van der Waals surface area contributed by atoms with Crippen LogP contribution in [0.15, 0.2) is 57.4 Å². The lowest BCUT2D eigenvalue weighted by Gasteiger charge is -2.44. The van der Waals surface area contributed by atoms with Crippen LogP contribution in [0, 0.1) is 18.3 Å². The van der Waals surface area contributed by atoms with Gasteiger partial charge >= 0.3 is 0 Å². The molecule has 34 heavy (non-hydrogen) atoms. The molecule has 3 N–H and O–H groups in total. The molecule has 0 radical (unpaired) electrons. The van der Waals surface area contributed by atoms with Gasteiger partial charge in [0.1, 0.15) is 33.7 Å². The van der Waals surface area contributed by atoms with Gasteiger partial charge in [-0.05, 0) is 64.8 Å². The number of rotatable bonds is 5. The number of amidine groups is 1. The summed E-state index contributed by atoms with van der Waals surface area (Å²) in [5, 5.41) is 11.1. The van der Waals surface area contributed by atoms with Gasteiger partial charge in [-0.3, -0.25) is 9.79 Å². The molecular formula is C24H29FN6O2S. The van der Waals surface area contributed by atoms with Crippen molar-refractivity contribution in [1.82, 2.24) is 10.3 Å². The number of carbonyl (C=O) groups excluding carboxylic acids is 1. The molecule has 3 heterocycles. The molecule has 0 aliphatic carbocycles. The van der Waals surface area contributed by atoms with Crippen molar-refractivity contribution in [3.05, 3.63) is 64.9 Å². The number of halogens is 1. The largest absolute Gasteiger partial charge is 0.386 e. The van der Waals surface area contributed by atoms with Crippen LogP contribution in [0.2, 0.25) is 0 Å². The van der Waals surface area contributed by atoms with Crippen LogP contribution in [-0.4, -0.2) is 43.0 Å². The number of aryl methyl sites for hydroxylation is 1. The van der Waals surface area contributed by atoms with Gasteiger partial charge in [-0.15, -0.1) is 0 Å². The summed E-state index contributed by atoms with van der Waals surface area (Å²) in [6, 6.07) is 3.53. The molecule has 1 aromatic rings. The van der Waals surface area contributed by atoms with Gasteiger partial charge in [0.2, 0.25) is 0 Å². The van der Waals surface area contributed by atoms with Crippen LogP contribution in [-0.2, 0) is 9.73 Å². The van der Waals surface area contributed by atoms with Gasteiger partial charge in [0.15, 0.2) is 0 Å². The molecule has 3 atom stereocenters. The summed E-state index contributed by atoms with van der Waals surface area (Å²) in [6.45, 7) is 12.8. The van der Waals surface area contributed by atoms with Crippen molar-refractivity contribution in [2.24, 2.45) is 15.1 Å². The van der Waals surface area contributed by atoms with Crippen LogP contribution in [0.4, 0.5) is 4.39 Å². The Hall–Kier alpha value is -3.32. The number of hydrogen-bond acceptors (Lipinski definition) is 7. The summed E-state index contributed by atoms with van der Waals surface area (Å²) >= 11 is 0. The Labute approximate surface area is 199 Å². The normalized spacial score (nSPS) is 28.3. The van der Waals surface area contributed by atoms with Crippen molar-refractivity contribution in [3.8, 4) is 6.07 Å². The van der Waals surface area contributed by atoms with Gasteiger partial charge in [0.25, 0.3) is 5.91 Å². The smallest absolute Gasteiger partial charge is 0.274 e. The lowest BCUT2D eigenvalue weighted by atomic mass is 9.86. The molecule has 0 fully saturated rings. The number of aromatic nitrogens is 1. The minimum atomic E-state index is -2.78. The summed E-state index contributed by atoms with van der Waals surface area (Å²) in [5.41, 5.74) is 6.47. The van der Waals surface area contributed by atoms with Crippen molar-refractivity contribution in [1.29, 1.82) is 5.26 Å². The summed E-state index contributed by atoms with van der Waals surface area (Å²) in [4.78, 5) is 21.1. The van der Waals surface area contributed by atoms with Crippen molar-refractivity contribution < 1.29 is 13.4 Å². The number of fused-ring (bicyclic) bond motifs is 1. The van der Waals surface area contributed by atoms with Gasteiger partial charge < -0.3 is 11.1 Å². The quantitative estimate of drug-likeness (QED) is 0.618. The molecule has 3 rings (SSSR count). The molecule has 0 spiro atoms. The van der Waals surface area contributed by atoms with Gasteiger partial charge in [0.05, 0.1) is 20.5 Å². The van der Waals surface area contributed by atoms with E-state index in [-0.39, 0.29) is 17.1 Å². The number of allylic oxidation sites excluding steroid dienone is 3. The number of carbonyl (C=O) groups is 1.